The molecule has 0 amide bonds. The standard InChI is InChI=1S/C19H25N/c1-4-12-19(20,18-8-6-5-7-9-18)14-17-13-15(2)10-11-16(17)3/h5-11,13H,4,12,14,20H2,1-3H3. The molecule has 0 fully saturated rings. The molecule has 2 aromatic carbocycles. The third-order valence-corrected chi connectivity index (χ3v) is 4.06. The zero-order valence-corrected chi connectivity index (χ0v) is 12.8. The van der Waals surface area contributed by atoms with E-state index < -0.39 is 0 Å². The molecule has 0 spiro atoms. The minimum Gasteiger partial charge on any atom is -0.321 e. The fraction of sp³-hybridized carbons (Fsp3) is 0.368. The fourth-order valence-electron chi connectivity index (χ4n) is 2.88. The Morgan fingerprint density at radius 1 is 1.00 bits per heavy atom. The highest BCUT2D eigenvalue weighted by molar-refractivity contribution is 5.34. The number of hydrogen-bond donors (Lipinski definition) is 1. The van der Waals surface area contributed by atoms with Crippen LogP contribution in [0, 0.1) is 13.8 Å². The van der Waals surface area contributed by atoms with Crippen molar-refractivity contribution in [1.82, 2.24) is 0 Å². The molecule has 0 aliphatic rings. The summed E-state index contributed by atoms with van der Waals surface area (Å²) in [5.74, 6) is 0. The van der Waals surface area contributed by atoms with Gasteiger partial charge >= 0.3 is 0 Å². The molecule has 0 saturated heterocycles. The van der Waals surface area contributed by atoms with E-state index in [1.54, 1.807) is 0 Å². The van der Waals surface area contributed by atoms with E-state index in [0.29, 0.717) is 0 Å². The van der Waals surface area contributed by atoms with Crippen LogP contribution in [-0.4, -0.2) is 0 Å². The lowest BCUT2D eigenvalue weighted by Gasteiger charge is -2.31. The largest absolute Gasteiger partial charge is 0.321 e. The van der Waals surface area contributed by atoms with Gasteiger partial charge in [-0.3, -0.25) is 0 Å². The molecular formula is C19H25N. The van der Waals surface area contributed by atoms with Gasteiger partial charge in [-0.1, -0.05) is 67.4 Å². The molecule has 0 aliphatic carbocycles. The van der Waals surface area contributed by atoms with Crippen molar-refractivity contribution in [2.45, 2.75) is 45.6 Å². The summed E-state index contributed by atoms with van der Waals surface area (Å²) in [7, 11) is 0. The van der Waals surface area contributed by atoms with Crippen molar-refractivity contribution < 1.29 is 0 Å². The highest BCUT2D eigenvalue weighted by Crippen LogP contribution is 2.29. The minimum absolute atomic E-state index is 0.269. The maximum Gasteiger partial charge on any atom is 0.0450 e. The first-order chi connectivity index (χ1) is 9.55. The van der Waals surface area contributed by atoms with Gasteiger partial charge in [0.2, 0.25) is 0 Å². The smallest absolute Gasteiger partial charge is 0.0450 e. The average molecular weight is 267 g/mol. The summed E-state index contributed by atoms with van der Waals surface area (Å²) in [6, 6.07) is 17.2. The van der Waals surface area contributed by atoms with E-state index in [1.807, 2.05) is 6.07 Å². The zero-order valence-electron chi connectivity index (χ0n) is 12.8. The predicted molar refractivity (Wildman–Crippen MR) is 86.8 cm³/mol. The predicted octanol–water partition coefficient (Wildman–Crippen LogP) is 4.50. The van der Waals surface area contributed by atoms with E-state index in [0.717, 1.165) is 19.3 Å². The lowest BCUT2D eigenvalue weighted by Crippen LogP contribution is -2.39. The highest BCUT2D eigenvalue weighted by atomic mass is 14.7. The SMILES string of the molecule is CCCC(N)(Cc1cc(C)ccc1C)c1ccccc1. The lowest BCUT2D eigenvalue weighted by atomic mass is 9.80. The minimum atomic E-state index is -0.269. The van der Waals surface area contributed by atoms with Gasteiger partial charge in [0.05, 0.1) is 0 Å². The van der Waals surface area contributed by atoms with Crippen LogP contribution in [0.4, 0.5) is 0 Å². The molecule has 0 radical (unpaired) electrons. The lowest BCUT2D eigenvalue weighted by molar-refractivity contribution is 0.400. The number of benzene rings is 2. The second-order valence-electron chi connectivity index (χ2n) is 5.88. The summed E-state index contributed by atoms with van der Waals surface area (Å²) in [4.78, 5) is 0. The topological polar surface area (TPSA) is 26.0 Å². The van der Waals surface area contributed by atoms with Crippen LogP contribution in [0.15, 0.2) is 48.5 Å². The number of hydrogen-bond acceptors (Lipinski definition) is 1. The maximum absolute atomic E-state index is 6.78. The fourth-order valence-corrected chi connectivity index (χ4v) is 2.88. The van der Waals surface area contributed by atoms with Crippen LogP contribution in [-0.2, 0) is 12.0 Å². The van der Waals surface area contributed by atoms with Gasteiger partial charge in [0.25, 0.3) is 0 Å². The van der Waals surface area contributed by atoms with Crippen LogP contribution in [0.3, 0.4) is 0 Å². The highest BCUT2D eigenvalue weighted by Gasteiger charge is 2.27. The molecule has 0 saturated carbocycles. The number of rotatable bonds is 5. The average Bonchev–Trinajstić information content (AvgIpc) is 2.44. The summed E-state index contributed by atoms with van der Waals surface area (Å²) in [6.45, 7) is 6.52. The molecule has 0 bridgehead atoms. The molecule has 0 aliphatic heterocycles. The molecular weight excluding hydrogens is 242 g/mol. The van der Waals surface area contributed by atoms with Gasteiger partial charge in [-0.15, -0.1) is 0 Å². The van der Waals surface area contributed by atoms with E-state index in [9.17, 15) is 0 Å². The molecule has 1 unspecified atom stereocenters. The molecule has 2 rings (SSSR count). The van der Waals surface area contributed by atoms with Crippen molar-refractivity contribution in [3.05, 3.63) is 70.8 Å². The molecule has 0 heterocycles. The Morgan fingerprint density at radius 3 is 2.35 bits per heavy atom. The van der Waals surface area contributed by atoms with Crippen LogP contribution in [0.2, 0.25) is 0 Å². The second kappa shape index (κ2) is 6.23. The summed E-state index contributed by atoms with van der Waals surface area (Å²) >= 11 is 0. The van der Waals surface area contributed by atoms with Gasteiger partial charge in [-0.25, -0.2) is 0 Å². The number of nitrogens with two attached hydrogens (primary N) is 1. The zero-order chi connectivity index (χ0) is 14.6. The molecule has 106 valence electrons. The van der Waals surface area contributed by atoms with Gasteiger partial charge in [0.1, 0.15) is 0 Å². The van der Waals surface area contributed by atoms with Crippen molar-refractivity contribution in [2.75, 3.05) is 0 Å². The third kappa shape index (κ3) is 3.29. The third-order valence-electron chi connectivity index (χ3n) is 4.06. The van der Waals surface area contributed by atoms with Gasteiger partial charge < -0.3 is 5.73 Å². The van der Waals surface area contributed by atoms with Crippen molar-refractivity contribution >= 4 is 0 Å². The van der Waals surface area contributed by atoms with Gasteiger partial charge in [0.15, 0.2) is 0 Å². The molecule has 20 heavy (non-hydrogen) atoms. The van der Waals surface area contributed by atoms with Crippen molar-refractivity contribution in [2.24, 2.45) is 5.73 Å². The Hall–Kier alpha value is -1.60. The first-order valence-electron chi connectivity index (χ1n) is 7.46. The van der Waals surface area contributed by atoms with Crippen LogP contribution in [0.5, 0.6) is 0 Å². The monoisotopic (exact) mass is 267 g/mol. The number of aryl methyl sites for hydroxylation is 2. The van der Waals surface area contributed by atoms with Crippen molar-refractivity contribution in [3.63, 3.8) is 0 Å². The first-order valence-corrected chi connectivity index (χ1v) is 7.46. The molecule has 2 N–H and O–H groups in total. The molecule has 2 aromatic rings. The van der Waals surface area contributed by atoms with E-state index in [4.69, 9.17) is 5.73 Å². The molecule has 1 nitrogen and oxygen atoms in total. The summed E-state index contributed by atoms with van der Waals surface area (Å²) in [5, 5.41) is 0. The van der Waals surface area contributed by atoms with Gasteiger partial charge in [-0.2, -0.15) is 0 Å². The van der Waals surface area contributed by atoms with E-state index in [-0.39, 0.29) is 5.54 Å². The Kier molecular flexibility index (Phi) is 4.61. The normalized spacial score (nSPS) is 14.0. The van der Waals surface area contributed by atoms with Crippen LogP contribution in [0.1, 0.15) is 42.0 Å². The Balaban J connectivity index is 2.36. The second-order valence-corrected chi connectivity index (χ2v) is 5.88. The summed E-state index contributed by atoms with van der Waals surface area (Å²) < 4.78 is 0. The first kappa shape index (κ1) is 14.8. The Bertz CT molecular complexity index is 559. The summed E-state index contributed by atoms with van der Waals surface area (Å²) in [6.07, 6.45) is 3.00. The van der Waals surface area contributed by atoms with Crippen LogP contribution >= 0.6 is 0 Å². The summed E-state index contributed by atoms with van der Waals surface area (Å²) in [5.41, 5.74) is 11.8. The van der Waals surface area contributed by atoms with E-state index in [1.165, 1.54) is 22.3 Å². The molecule has 0 aromatic heterocycles. The Morgan fingerprint density at radius 2 is 1.70 bits per heavy atom. The Labute approximate surface area is 122 Å². The van der Waals surface area contributed by atoms with Gasteiger partial charge in [0, 0.05) is 5.54 Å². The van der Waals surface area contributed by atoms with Crippen molar-refractivity contribution in [3.8, 4) is 0 Å². The van der Waals surface area contributed by atoms with Gasteiger partial charge in [-0.05, 0) is 43.4 Å². The van der Waals surface area contributed by atoms with Crippen LogP contribution in [0.25, 0.3) is 0 Å². The van der Waals surface area contributed by atoms with Crippen molar-refractivity contribution in [1.29, 1.82) is 0 Å². The van der Waals surface area contributed by atoms with E-state index in [2.05, 4.69) is 63.2 Å². The maximum atomic E-state index is 6.78. The molecule has 1 atom stereocenters. The van der Waals surface area contributed by atoms with E-state index >= 15 is 0 Å². The van der Waals surface area contributed by atoms with Crippen LogP contribution < -0.4 is 5.73 Å². The quantitative estimate of drug-likeness (QED) is 0.848. The molecule has 1 heteroatoms.